The maximum absolute atomic E-state index is 8.89. The van der Waals surface area contributed by atoms with Crippen LogP contribution in [0.3, 0.4) is 0 Å². The van der Waals surface area contributed by atoms with Crippen LogP contribution in [-0.2, 0) is 0 Å². The van der Waals surface area contributed by atoms with Crippen molar-refractivity contribution < 1.29 is 5.11 Å². The van der Waals surface area contributed by atoms with Gasteiger partial charge in [-0.3, -0.25) is 0 Å². The topological polar surface area (TPSA) is 44.0 Å². The summed E-state index contributed by atoms with van der Waals surface area (Å²) in [6.45, 7) is 2.14. The van der Waals surface area contributed by atoms with Gasteiger partial charge in [-0.15, -0.1) is 11.8 Å². The lowest BCUT2D eigenvalue weighted by Crippen LogP contribution is -2.03. The van der Waals surface area contributed by atoms with Crippen LogP contribution in [0.1, 0.15) is 12.5 Å². The van der Waals surface area contributed by atoms with E-state index in [1.54, 1.807) is 23.9 Å². The Hall–Kier alpha value is -0.690. The standard InChI is InChI=1S/C11H12ClNOS/c1-8(6-14)7-15-11-3-2-10(12)4-9(11)5-13/h2-4,8,14H,6-7H2,1H3. The van der Waals surface area contributed by atoms with E-state index in [0.717, 1.165) is 10.6 Å². The fourth-order valence-corrected chi connectivity index (χ4v) is 2.17. The molecule has 0 saturated heterocycles. The molecule has 0 aliphatic carbocycles. The Morgan fingerprint density at radius 1 is 1.60 bits per heavy atom. The van der Waals surface area contributed by atoms with Crippen molar-refractivity contribution in [2.45, 2.75) is 11.8 Å². The summed E-state index contributed by atoms with van der Waals surface area (Å²) >= 11 is 7.36. The number of nitriles is 1. The Morgan fingerprint density at radius 2 is 2.33 bits per heavy atom. The minimum atomic E-state index is 0.169. The average molecular weight is 242 g/mol. The smallest absolute Gasteiger partial charge is 0.100 e. The van der Waals surface area contributed by atoms with Crippen LogP contribution in [0.15, 0.2) is 23.1 Å². The fourth-order valence-electron chi connectivity index (χ4n) is 1.00. The molecular weight excluding hydrogens is 230 g/mol. The van der Waals surface area contributed by atoms with Gasteiger partial charge in [-0.05, 0) is 24.1 Å². The summed E-state index contributed by atoms with van der Waals surface area (Å²) in [7, 11) is 0. The predicted octanol–water partition coefficient (Wildman–Crippen LogP) is 2.93. The molecule has 0 saturated carbocycles. The Morgan fingerprint density at radius 3 is 2.93 bits per heavy atom. The van der Waals surface area contributed by atoms with Gasteiger partial charge in [0.15, 0.2) is 0 Å². The lowest BCUT2D eigenvalue weighted by molar-refractivity contribution is 0.250. The highest BCUT2D eigenvalue weighted by atomic mass is 35.5. The summed E-state index contributed by atoms with van der Waals surface area (Å²) in [6.07, 6.45) is 0. The Labute approximate surface area is 98.9 Å². The van der Waals surface area contributed by atoms with Crippen molar-refractivity contribution in [2.24, 2.45) is 5.92 Å². The Balaban J connectivity index is 2.73. The number of benzene rings is 1. The molecule has 0 aliphatic rings. The van der Waals surface area contributed by atoms with Crippen molar-refractivity contribution in [3.63, 3.8) is 0 Å². The highest BCUT2D eigenvalue weighted by molar-refractivity contribution is 7.99. The average Bonchev–Trinajstić information content (AvgIpc) is 2.26. The van der Waals surface area contributed by atoms with Crippen molar-refractivity contribution in [2.75, 3.05) is 12.4 Å². The number of aliphatic hydroxyl groups excluding tert-OH is 1. The molecule has 80 valence electrons. The van der Waals surface area contributed by atoms with Crippen LogP contribution < -0.4 is 0 Å². The van der Waals surface area contributed by atoms with E-state index in [1.807, 2.05) is 13.0 Å². The quantitative estimate of drug-likeness (QED) is 0.825. The van der Waals surface area contributed by atoms with E-state index in [1.165, 1.54) is 0 Å². The molecule has 1 N–H and O–H groups in total. The first kappa shape index (κ1) is 12.4. The second-order valence-corrected chi connectivity index (χ2v) is 4.85. The van der Waals surface area contributed by atoms with Crippen LogP contribution in [0.4, 0.5) is 0 Å². The van der Waals surface area contributed by atoms with Crippen molar-refractivity contribution in [3.05, 3.63) is 28.8 Å². The van der Waals surface area contributed by atoms with Gasteiger partial charge in [0.25, 0.3) is 0 Å². The summed E-state index contributed by atoms with van der Waals surface area (Å²) < 4.78 is 0. The molecule has 1 unspecified atom stereocenters. The highest BCUT2D eigenvalue weighted by Crippen LogP contribution is 2.26. The van der Waals surface area contributed by atoms with Gasteiger partial charge in [0.2, 0.25) is 0 Å². The third-order valence-corrected chi connectivity index (χ3v) is 3.53. The van der Waals surface area contributed by atoms with E-state index in [2.05, 4.69) is 6.07 Å². The number of hydrogen-bond donors (Lipinski definition) is 1. The molecule has 0 spiro atoms. The molecule has 15 heavy (non-hydrogen) atoms. The molecule has 0 fully saturated rings. The van der Waals surface area contributed by atoms with Crippen LogP contribution in [0.2, 0.25) is 5.02 Å². The van der Waals surface area contributed by atoms with Gasteiger partial charge in [-0.25, -0.2) is 0 Å². The van der Waals surface area contributed by atoms with Gasteiger partial charge >= 0.3 is 0 Å². The molecule has 1 aromatic carbocycles. The van der Waals surface area contributed by atoms with E-state index in [0.29, 0.717) is 10.6 Å². The molecule has 2 nitrogen and oxygen atoms in total. The number of hydrogen-bond acceptors (Lipinski definition) is 3. The molecule has 1 atom stereocenters. The maximum atomic E-state index is 8.89. The number of thioether (sulfide) groups is 1. The fraction of sp³-hybridized carbons (Fsp3) is 0.364. The minimum Gasteiger partial charge on any atom is -0.396 e. The molecule has 1 aromatic rings. The second-order valence-electron chi connectivity index (χ2n) is 3.35. The van der Waals surface area contributed by atoms with Crippen molar-refractivity contribution in [3.8, 4) is 6.07 Å². The predicted molar refractivity (Wildman–Crippen MR) is 63.1 cm³/mol. The van der Waals surface area contributed by atoms with Gasteiger partial charge in [0.1, 0.15) is 6.07 Å². The van der Waals surface area contributed by atoms with Crippen LogP contribution in [-0.4, -0.2) is 17.5 Å². The van der Waals surface area contributed by atoms with Crippen molar-refractivity contribution >= 4 is 23.4 Å². The summed E-state index contributed by atoms with van der Waals surface area (Å²) in [4.78, 5) is 0.919. The summed E-state index contributed by atoms with van der Waals surface area (Å²) in [5, 5.41) is 18.4. The zero-order valence-electron chi connectivity index (χ0n) is 8.40. The molecular formula is C11H12ClNOS. The molecule has 0 bridgehead atoms. The molecule has 0 radical (unpaired) electrons. The van der Waals surface area contributed by atoms with E-state index >= 15 is 0 Å². The number of aliphatic hydroxyl groups is 1. The van der Waals surface area contributed by atoms with Crippen molar-refractivity contribution in [1.82, 2.24) is 0 Å². The zero-order chi connectivity index (χ0) is 11.3. The second kappa shape index (κ2) is 6.02. The first-order chi connectivity index (χ1) is 7.17. The molecule has 4 heteroatoms. The first-order valence-corrected chi connectivity index (χ1v) is 5.97. The third-order valence-electron chi connectivity index (χ3n) is 1.90. The SMILES string of the molecule is CC(CO)CSc1ccc(Cl)cc1C#N. The summed E-state index contributed by atoms with van der Waals surface area (Å²) in [5.74, 6) is 1.03. The van der Waals surface area contributed by atoms with Crippen LogP contribution in [0.25, 0.3) is 0 Å². The van der Waals surface area contributed by atoms with Crippen LogP contribution >= 0.6 is 23.4 Å². The van der Waals surface area contributed by atoms with Crippen LogP contribution in [0, 0.1) is 17.2 Å². The number of nitrogens with zero attached hydrogens (tertiary/aromatic N) is 1. The number of halogens is 1. The normalized spacial score (nSPS) is 12.1. The van der Waals surface area contributed by atoms with Gasteiger partial charge in [0, 0.05) is 22.3 Å². The largest absolute Gasteiger partial charge is 0.396 e. The first-order valence-electron chi connectivity index (χ1n) is 4.60. The third kappa shape index (κ3) is 3.75. The maximum Gasteiger partial charge on any atom is 0.100 e. The molecule has 1 rings (SSSR count). The van der Waals surface area contributed by atoms with Gasteiger partial charge in [-0.1, -0.05) is 18.5 Å². The molecule has 0 amide bonds. The van der Waals surface area contributed by atoms with E-state index in [9.17, 15) is 0 Å². The van der Waals surface area contributed by atoms with E-state index in [4.69, 9.17) is 22.0 Å². The summed E-state index contributed by atoms with van der Waals surface area (Å²) in [5.41, 5.74) is 0.595. The Bertz CT molecular complexity index is 375. The lowest BCUT2D eigenvalue weighted by Gasteiger charge is -2.08. The van der Waals surface area contributed by atoms with E-state index < -0.39 is 0 Å². The van der Waals surface area contributed by atoms with Crippen molar-refractivity contribution in [1.29, 1.82) is 5.26 Å². The highest BCUT2D eigenvalue weighted by Gasteiger charge is 2.06. The molecule has 0 aliphatic heterocycles. The van der Waals surface area contributed by atoms with E-state index in [-0.39, 0.29) is 12.5 Å². The minimum absolute atomic E-state index is 0.169. The molecule has 0 heterocycles. The van der Waals surface area contributed by atoms with Gasteiger partial charge in [0.05, 0.1) is 5.56 Å². The van der Waals surface area contributed by atoms with Gasteiger partial charge < -0.3 is 5.11 Å². The Kier molecular flexibility index (Phi) is 4.97. The summed E-state index contributed by atoms with van der Waals surface area (Å²) in [6, 6.07) is 7.39. The van der Waals surface area contributed by atoms with Gasteiger partial charge in [-0.2, -0.15) is 5.26 Å². The zero-order valence-corrected chi connectivity index (χ0v) is 9.98. The number of rotatable bonds is 4. The lowest BCUT2D eigenvalue weighted by atomic mass is 10.2. The molecule has 0 aromatic heterocycles. The van der Waals surface area contributed by atoms with Crippen LogP contribution in [0.5, 0.6) is 0 Å². The monoisotopic (exact) mass is 241 g/mol.